The molecule has 0 amide bonds. The number of rotatable bonds is 1. The van der Waals surface area contributed by atoms with Gasteiger partial charge in [0, 0.05) is 5.57 Å². The van der Waals surface area contributed by atoms with Gasteiger partial charge < -0.3 is 4.74 Å². The Morgan fingerprint density at radius 1 is 1.21 bits per heavy atom. The van der Waals surface area contributed by atoms with Crippen LogP contribution in [0.1, 0.15) is 12.5 Å². The first-order valence-electron chi connectivity index (χ1n) is 4.43. The molecule has 1 heterocycles. The molecule has 70 valence electrons. The fraction of sp³-hybridized carbons (Fsp3) is 0.0833. The molecule has 2 nitrogen and oxygen atoms in total. The first-order chi connectivity index (χ1) is 6.75. The molecule has 0 N–H and O–H groups in total. The van der Waals surface area contributed by atoms with Gasteiger partial charge in [0.25, 0.3) is 0 Å². The van der Waals surface area contributed by atoms with E-state index < -0.39 is 0 Å². The quantitative estimate of drug-likeness (QED) is 0.630. The summed E-state index contributed by atoms with van der Waals surface area (Å²) in [6.07, 6.45) is 3.59. The van der Waals surface area contributed by atoms with Crippen LogP contribution in [0.2, 0.25) is 0 Å². The van der Waals surface area contributed by atoms with Crippen molar-refractivity contribution in [2.24, 2.45) is 0 Å². The molecule has 0 atom stereocenters. The summed E-state index contributed by atoms with van der Waals surface area (Å²) in [5.74, 6) is 0.353. The maximum absolute atomic E-state index is 11.0. The van der Waals surface area contributed by atoms with Crippen molar-refractivity contribution in [1.82, 2.24) is 0 Å². The lowest BCUT2D eigenvalue weighted by atomic mass is 10.2. The molecule has 0 aliphatic carbocycles. The van der Waals surface area contributed by atoms with Gasteiger partial charge >= 0.3 is 5.97 Å². The summed E-state index contributed by atoms with van der Waals surface area (Å²) < 4.78 is 5.01. The van der Waals surface area contributed by atoms with Crippen molar-refractivity contribution in [3.63, 3.8) is 0 Å². The van der Waals surface area contributed by atoms with Crippen LogP contribution in [0, 0.1) is 0 Å². The van der Waals surface area contributed by atoms with Crippen molar-refractivity contribution in [2.75, 3.05) is 0 Å². The summed E-state index contributed by atoms with van der Waals surface area (Å²) in [7, 11) is 0. The first kappa shape index (κ1) is 8.75. The van der Waals surface area contributed by atoms with Gasteiger partial charge in [-0.05, 0) is 24.6 Å². The molecule has 2 rings (SSSR count). The van der Waals surface area contributed by atoms with E-state index in [2.05, 4.69) is 0 Å². The standard InChI is InChI=1S/C12H10O2/c1-9-7-11(14-12(9)13)8-10-5-3-2-4-6-10/h2-8H,1H3/b11-8-. The molecule has 0 spiro atoms. The second kappa shape index (κ2) is 3.50. The van der Waals surface area contributed by atoms with Crippen LogP contribution >= 0.6 is 0 Å². The third kappa shape index (κ3) is 1.74. The highest BCUT2D eigenvalue weighted by Gasteiger charge is 2.16. The van der Waals surface area contributed by atoms with Crippen molar-refractivity contribution in [2.45, 2.75) is 6.92 Å². The normalized spacial score (nSPS) is 18.2. The Kier molecular flexibility index (Phi) is 2.19. The molecule has 14 heavy (non-hydrogen) atoms. The zero-order valence-electron chi connectivity index (χ0n) is 7.86. The number of esters is 1. The highest BCUT2D eigenvalue weighted by molar-refractivity contribution is 5.93. The molecule has 0 saturated carbocycles. The number of ether oxygens (including phenoxy) is 1. The van der Waals surface area contributed by atoms with E-state index in [1.54, 1.807) is 13.0 Å². The number of benzene rings is 1. The van der Waals surface area contributed by atoms with Crippen molar-refractivity contribution >= 4 is 12.0 Å². The van der Waals surface area contributed by atoms with E-state index >= 15 is 0 Å². The predicted molar refractivity (Wildman–Crippen MR) is 54.3 cm³/mol. The van der Waals surface area contributed by atoms with Crippen LogP contribution in [-0.2, 0) is 9.53 Å². The number of hydrogen-bond acceptors (Lipinski definition) is 2. The third-order valence-electron chi connectivity index (χ3n) is 2.00. The molecule has 0 saturated heterocycles. The Bertz CT molecular complexity index is 413. The summed E-state index contributed by atoms with van der Waals surface area (Å²) in [4.78, 5) is 11.0. The SMILES string of the molecule is CC1=C/C(=C/c2ccccc2)OC1=O. The monoisotopic (exact) mass is 186 g/mol. The Labute approximate surface area is 82.5 Å². The Hall–Kier alpha value is -1.83. The Morgan fingerprint density at radius 2 is 1.93 bits per heavy atom. The van der Waals surface area contributed by atoms with Gasteiger partial charge in [-0.3, -0.25) is 0 Å². The Morgan fingerprint density at radius 3 is 2.50 bits per heavy atom. The maximum atomic E-state index is 11.0. The summed E-state index contributed by atoms with van der Waals surface area (Å²) in [6.45, 7) is 1.74. The lowest BCUT2D eigenvalue weighted by Gasteiger charge is -1.95. The van der Waals surface area contributed by atoms with Gasteiger partial charge in [-0.25, -0.2) is 4.79 Å². The van der Waals surface area contributed by atoms with E-state index in [9.17, 15) is 4.79 Å². The van der Waals surface area contributed by atoms with Crippen LogP contribution in [0.15, 0.2) is 47.7 Å². The van der Waals surface area contributed by atoms with E-state index in [1.807, 2.05) is 36.4 Å². The lowest BCUT2D eigenvalue weighted by Crippen LogP contribution is -1.94. The van der Waals surface area contributed by atoms with Crippen LogP contribution < -0.4 is 0 Å². The summed E-state index contributed by atoms with van der Waals surface area (Å²) >= 11 is 0. The van der Waals surface area contributed by atoms with Crippen molar-refractivity contribution < 1.29 is 9.53 Å². The first-order valence-corrected chi connectivity index (χ1v) is 4.43. The van der Waals surface area contributed by atoms with E-state index in [4.69, 9.17) is 4.74 Å². The van der Waals surface area contributed by atoms with Gasteiger partial charge in [0.15, 0.2) is 0 Å². The van der Waals surface area contributed by atoms with E-state index in [0.29, 0.717) is 11.3 Å². The fourth-order valence-electron chi connectivity index (χ4n) is 1.27. The van der Waals surface area contributed by atoms with Crippen LogP contribution in [0.25, 0.3) is 6.08 Å². The minimum absolute atomic E-state index is 0.257. The smallest absolute Gasteiger partial charge is 0.339 e. The molecule has 1 aliphatic rings. The number of allylic oxidation sites excluding steroid dienone is 1. The van der Waals surface area contributed by atoms with Gasteiger partial charge in [0.05, 0.1) is 0 Å². The summed E-state index contributed by atoms with van der Waals surface area (Å²) in [5, 5.41) is 0. The fourth-order valence-corrected chi connectivity index (χ4v) is 1.27. The van der Waals surface area contributed by atoms with Gasteiger partial charge in [0.2, 0.25) is 0 Å². The predicted octanol–water partition coefficient (Wildman–Crippen LogP) is 2.53. The van der Waals surface area contributed by atoms with Crippen LogP contribution in [-0.4, -0.2) is 5.97 Å². The van der Waals surface area contributed by atoms with Gasteiger partial charge in [-0.2, -0.15) is 0 Å². The Balaban J connectivity index is 2.26. The number of carbonyl (C=O) groups excluding carboxylic acids is 1. The summed E-state index contributed by atoms with van der Waals surface area (Å²) in [6, 6.07) is 9.76. The molecule has 0 unspecified atom stereocenters. The topological polar surface area (TPSA) is 26.3 Å². The highest BCUT2D eigenvalue weighted by atomic mass is 16.5. The van der Waals surface area contributed by atoms with Gasteiger partial charge in [-0.15, -0.1) is 0 Å². The molecule has 0 aromatic heterocycles. The molecule has 1 aromatic rings. The number of carbonyl (C=O) groups is 1. The average molecular weight is 186 g/mol. The maximum Gasteiger partial charge on any atom is 0.339 e. The van der Waals surface area contributed by atoms with Crippen molar-refractivity contribution in [1.29, 1.82) is 0 Å². The molecule has 0 bridgehead atoms. The number of cyclic esters (lactones) is 1. The zero-order chi connectivity index (χ0) is 9.97. The lowest BCUT2D eigenvalue weighted by molar-refractivity contribution is -0.133. The average Bonchev–Trinajstić information content (AvgIpc) is 2.47. The highest BCUT2D eigenvalue weighted by Crippen LogP contribution is 2.18. The molecule has 2 heteroatoms. The third-order valence-corrected chi connectivity index (χ3v) is 2.00. The van der Waals surface area contributed by atoms with Gasteiger partial charge in [-0.1, -0.05) is 30.3 Å². The van der Waals surface area contributed by atoms with E-state index in [-0.39, 0.29) is 5.97 Å². The molecular weight excluding hydrogens is 176 g/mol. The van der Waals surface area contributed by atoms with E-state index in [1.165, 1.54) is 0 Å². The molecular formula is C12H10O2. The second-order valence-corrected chi connectivity index (χ2v) is 3.17. The number of hydrogen-bond donors (Lipinski definition) is 0. The van der Waals surface area contributed by atoms with Crippen molar-refractivity contribution in [3.8, 4) is 0 Å². The minimum Gasteiger partial charge on any atom is -0.423 e. The molecule has 0 radical (unpaired) electrons. The molecule has 0 fully saturated rings. The summed E-state index contributed by atoms with van der Waals surface area (Å²) in [5.41, 5.74) is 1.67. The van der Waals surface area contributed by atoms with Crippen LogP contribution in [0.5, 0.6) is 0 Å². The van der Waals surface area contributed by atoms with Gasteiger partial charge in [0.1, 0.15) is 5.76 Å². The van der Waals surface area contributed by atoms with E-state index in [0.717, 1.165) is 5.56 Å². The largest absolute Gasteiger partial charge is 0.423 e. The van der Waals surface area contributed by atoms with Crippen molar-refractivity contribution in [3.05, 3.63) is 53.3 Å². The molecule has 1 aromatic carbocycles. The second-order valence-electron chi connectivity index (χ2n) is 3.17. The molecule has 1 aliphatic heterocycles. The zero-order valence-corrected chi connectivity index (χ0v) is 7.86. The minimum atomic E-state index is -0.257. The van der Waals surface area contributed by atoms with Crippen LogP contribution in [0.4, 0.5) is 0 Å². The van der Waals surface area contributed by atoms with Crippen LogP contribution in [0.3, 0.4) is 0 Å².